The largest absolute Gasteiger partial charge is 0.364 e. The monoisotopic (exact) mass is 217 g/mol. The van der Waals surface area contributed by atoms with E-state index in [-0.39, 0.29) is 12.5 Å². The summed E-state index contributed by atoms with van der Waals surface area (Å²) in [4.78, 5) is 2.27. The van der Waals surface area contributed by atoms with E-state index in [1.165, 1.54) is 12.8 Å². The van der Waals surface area contributed by atoms with E-state index in [4.69, 9.17) is 9.47 Å². The Bertz CT molecular complexity index is 130. The van der Waals surface area contributed by atoms with E-state index in [0.29, 0.717) is 0 Å². The van der Waals surface area contributed by atoms with Crippen LogP contribution >= 0.6 is 0 Å². The highest BCUT2D eigenvalue weighted by Crippen LogP contribution is 2.10. The predicted octanol–water partition coefficient (Wildman–Crippen LogP) is 2.85. The number of hydrogen-bond donors (Lipinski definition) is 0. The van der Waals surface area contributed by atoms with Gasteiger partial charge in [0.25, 0.3) is 0 Å². The fourth-order valence-electron chi connectivity index (χ4n) is 1.67. The zero-order valence-corrected chi connectivity index (χ0v) is 11.0. The lowest BCUT2D eigenvalue weighted by molar-refractivity contribution is -0.136. The highest BCUT2D eigenvalue weighted by atomic mass is 16.5. The van der Waals surface area contributed by atoms with Gasteiger partial charge >= 0.3 is 0 Å². The summed E-state index contributed by atoms with van der Waals surface area (Å²) in [5.74, 6) is 0. The molecular weight excluding hydrogens is 190 g/mol. The SMILES string of the molecule is CCCCN(C(C)OCC)C(C)OCC. The molecule has 0 aliphatic carbocycles. The Morgan fingerprint density at radius 2 is 1.40 bits per heavy atom. The maximum absolute atomic E-state index is 5.61. The number of nitrogens with zero attached hydrogens (tertiary/aromatic N) is 1. The lowest BCUT2D eigenvalue weighted by Gasteiger charge is -2.33. The minimum Gasteiger partial charge on any atom is -0.364 e. The molecule has 92 valence electrons. The minimum absolute atomic E-state index is 0.142. The van der Waals surface area contributed by atoms with Gasteiger partial charge in [0.15, 0.2) is 0 Å². The summed E-state index contributed by atoms with van der Waals surface area (Å²) in [6, 6.07) is 0. The molecule has 2 atom stereocenters. The second-order valence-corrected chi connectivity index (χ2v) is 3.70. The van der Waals surface area contributed by atoms with Gasteiger partial charge < -0.3 is 9.47 Å². The number of hydrogen-bond acceptors (Lipinski definition) is 3. The van der Waals surface area contributed by atoms with Gasteiger partial charge in [-0.2, -0.15) is 0 Å². The molecule has 0 heterocycles. The minimum atomic E-state index is 0.142. The Kier molecular flexibility index (Phi) is 9.06. The topological polar surface area (TPSA) is 21.7 Å². The second kappa shape index (κ2) is 9.13. The van der Waals surface area contributed by atoms with Crippen LogP contribution in [0.5, 0.6) is 0 Å². The molecule has 0 aromatic rings. The number of unbranched alkanes of at least 4 members (excludes halogenated alkanes) is 1. The second-order valence-electron chi connectivity index (χ2n) is 3.70. The standard InChI is InChI=1S/C12H27NO2/c1-6-9-10-13(11(4)14-7-2)12(5)15-8-3/h11-12H,6-10H2,1-5H3. The maximum Gasteiger partial charge on any atom is 0.109 e. The Balaban J connectivity index is 4.14. The van der Waals surface area contributed by atoms with Gasteiger partial charge in [-0.1, -0.05) is 13.3 Å². The third-order valence-corrected chi connectivity index (χ3v) is 2.52. The highest BCUT2D eigenvalue weighted by molar-refractivity contribution is 4.61. The highest BCUT2D eigenvalue weighted by Gasteiger charge is 2.19. The summed E-state index contributed by atoms with van der Waals surface area (Å²) in [5.41, 5.74) is 0. The maximum atomic E-state index is 5.61. The van der Waals surface area contributed by atoms with E-state index < -0.39 is 0 Å². The van der Waals surface area contributed by atoms with Crippen LogP contribution in [0.2, 0.25) is 0 Å². The Labute approximate surface area is 94.7 Å². The molecule has 0 amide bonds. The Morgan fingerprint density at radius 1 is 0.933 bits per heavy atom. The van der Waals surface area contributed by atoms with Crippen molar-refractivity contribution in [1.82, 2.24) is 4.90 Å². The number of ether oxygens (including phenoxy) is 2. The van der Waals surface area contributed by atoms with Crippen molar-refractivity contribution in [3.63, 3.8) is 0 Å². The van der Waals surface area contributed by atoms with Crippen LogP contribution in [-0.4, -0.2) is 37.1 Å². The molecule has 0 aliphatic heterocycles. The van der Waals surface area contributed by atoms with Crippen molar-refractivity contribution in [1.29, 1.82) is 0 Å². The normalized spacial score (nSPS) is 15.6. The Morgan fingerprint density at radius 3 is 1.73 bits per heavy atom. The lowest BCUT2D eigenvalue weighted by atomic mass is 10.3. The van der Waals surface area contributed by atoms with Crippen LogP contribution < -0.4 is 0 Å². The molecule has 0 saturated carbocycles. The molecule has 3 heteroatoms. The zero-order chi connectivity index (χ0) is 11.7. The molecule has 0 fully saturated rings. The lowest BCUT2D eigenvalue weighted by Crippen LogP contribution is -2.43. The van der Waals surface area contributed by atoms with Crippen molar-refractivity contribution in [3.05, 3.63) is 0 Å². The van der Waals surface area contributed by atoms with Gasteiger partial charge in [-0.05, 0) is 34.1 Å². The van der Waals surface area contributed by atoms with Crippen molar-refractivity contribution >= 4 is 0 Å². The van der Waals surface area contributed by atoms with Crippen LogP contribution in [0.3, 0.4) is 0 Å². The first-order valence-corrected chi connectivity index (χ1v) is 6.16. The molecule has 0 radical (unpaired) electrons. The van der Waals surface area contributed by atoms with Crippen LogP contribution in [-0.2, 0) is 9.47 Å². The van der Waals surface area contributed by atoms with Crippen LogP contribution in [0.1, 0.15) is 47.5 Å². The summed E-state index contributed by atoms with van der Waals surface area (Å²) in [6.07, 6.45) is 2.68. The van der Waals surface area contributed by atoms with Gasteiger partial charge in [-0.25, -0.2) is 0 Å². The van der Waals surface area contributed by atoms with Crippen molar-refractivity contribution in [2.75, 3.05) is 19.8 Å². The van der Waals surface area contributed by atoms with Crippen molar-refractivity contribution in [3.8, 4) is 0 Å². The van der Waals surface area contributed by atoms with Crippen LogP contribution in [0.25, 0.3) is 0 Å². The third kappa shape index (κ3) is 6.13. The molecule has 0 bridgehead atoms. The first-order chi connectivity index (χ1) is 7.17. The van der Waals surface area contributed by atoms with E-state index in [1.807, 2.05) is 13.8 Å². The van der Waals surface area contributed by atoms with Crippen LogP contribution in [0, 0.1) is 0 Å². The molecule has 3 nitrogen and oxygen atoms in total. The quantitative estimate of drug-likeness (QED) is 0.554. The van der Waals surface area contributed by atoms with Gasteiger partial charge in [0, 0.05) is 19.8 Å². The molecule has 15 heavy (non-hydrogen) atoms. The molecular formula is C12H27NO2. The summed E-state index contributed by atoms with van der Waals surface area (Å²) in [7, 11) is 0. The molecule has 0 rings (SSSR count). The van der Waals surface area contributed by atoms with Gasteiger partial charge in [-0.15, -0.1) is 0 Å². The van der Waals surface area contributed by atoms with E-state index in [1.54, 1.807) is 0 Å². The molecule has 0 N–H and O–H groups in total. The van der Waals surface area contributed by atoms with Crippen LogP contribution in [0.4, 0.5) is 0 Å². The molecule has 0 aromatic carbocycles. The van der Waals surface area contributed by atoms with Crippen molar-refractivity contribution in [2.45, 2.75) is 59.9 Å². The fourth-order valence-corrected chi connectivity index (χ4v) is 1.67. The van der Waals surface area contributed by atoms with Gasteiger partial charge in [-0.3, -0.25) is 4.90 Å². The molecule has 0 spiro atoms. The van der Waals surface area contributed by atoms with E-state index in [0.717, 1.165) is 19.8 Å². The smallest absolute Gasteiger partial charge is 0.109 e. The van der Waals surface area contributed by atoms with Crippen molar-refractivity contribution in [2.24, 2.45) is 0 Å². The molecule has 0 aromatic heterocycles. The summed E-state index contributed by atoms with van der Waals surface area (Å²) in [5, 5.41) is 0. The summed E-state index contributed by atoms with van der Waals surface area (Å²) < 4.78 is 11.2. The van der Waals surface area contributed by atoms with Gasteiger partial charge in [0.2, 0.25) is 0 Å². The molecule has 0 aliphatic rings. The molecule has 0 saturated heterocycles. The van der Waals surface area contributed by atoms with Gasteiger partial charge in [0.1, 0.15) is 12.5 Å². The van der Waals surface area contributed by atoms with E-state index in [2.05, 4.69) is 25.7 Å². The predicted molar refractivity (Wildman–Crippen MR) is 63.8 cm³/mol. The first-order valence-electron chi connectivity index (χ1n) is 6.16. The van der Waals surface area contributed by atoms with Gasteiger partial charge in [0.05, 0.1) is 0 Å². The van der Waals surface area contributed by atoms with E-state index in [9.17, 15) is 0 Å². The third-order valence-electron chi connectivity index (χ3n) is 2.52. The summed E-state index contributed by atoms with van der Waals surface area (Å²) >= 11 is 0. The van der Waals surface area contributed by atoms with Crippen molar-refractivity contribution < 1.29 is 9.47 Å². The molecule has 2 unspecified atom stereocenters. The summed E-state index contributed by atoms with van der Waals surface area (Å²) in [6.45, 7) is 13.0. The van der Waals surface area contributed by atoms with E-state index >= 15 is 0 Å². The number of rotatable bonds is 9. The first kappa shape index (κ1) is 14.9. The average molecular weight is 217 g/mol. The Hall–Kier alpha value is -0.120. The average Bonchev–Trinajstić information content (AvgIpc) is 2.19. The fraction of sp³-hybridized carbons (Fsp3) is 1.00. The van der Waals surface area contributed by atoms with Crippen LogP contribution in [0.15, 0.2) is 0 Å². The zero-order valence-electron chi connectivity index (χ0n) is 11.0.